The van der Waals surface area contributed by atoms with Crippen LogP contribution in [0.25, 0.3) is 0 Å². The summed E-state index contributed by atoms with van der Waals surface area (Å²) in [6.07, 6.45) is -1.96. The van der Waals surface area contributed by atoms with Crippen molar-refractivity contribution in [2.45, 2.75) is 63.6 Å². The van der Waals surface area contributed by atoms with Crippen LogP contribution < -0.4 is 0 Å². The van der Waals surface area contributed by atoms with Gasteiger partial charge >= 0.3 is 0 Å². The molecule has 0 amide bonds. The molecular formula is C31H36O5Si. The van der Waals surface area contributed by atoms with Gasteiger partial charge in [-0.2, -0.15) is 0 Å². The molecule has 0 spiro atoms. The molecule has 0 saturated carbocycles. The van der Waals surface area contributed by atoms with Crippen LogP contribution in [0, 0.1) is 11.5 Å². The molecule has 6 heteroatoms. The maximum Gasteiger partial charge on any atom is 0.261 e. The van der Waals surface area contributed by atoms with Crippen LogP contribution >= 0.6 is 0 Å². The van der Waals surface area contributed by atoms with E-state index in [-0.39, 0.29) is 6.61 Å². The smallest absolute Gasteiger partial charge is 0.261 e. The summed E-state index contributed by atoms with van der Waals surface area (Å²) in [6, 6.07) is 29.8. The van der Waals surface area contributed by atoms with Gasteiger partial charge in [0.25, 0.3) is 5.79 Å². The highest BCUT2D eigenvalue weighted by molar-refractivity contribution is 6.83. The minimum Gasteiger partial charge on any atom is -0.374 e. The molecule has 1 unspecified atom stereocenters. The summed E-state index contributed by atoms with van der Waals surface area (Å²) in [4.78, 5) is 0. The molecule has 37 heavy (non-hydrogen) atoms. The van der Waals surface area contributed by atoms with Crippen molar-refractivity contribution in [3.05, 3.63) is 108 Å². The summed E-state index contributed by atoms with van der Waals surface area (Å²) >= 11 is 0. The van der Waals surface area contributed by atoms with Crippen molar-refractivity contribution >= 4 is 8.07 Å². The first-order chi connectivity index (χ1) is 17.8. The van der Waals surface area contributed by atoms with E-state index in [4.69, 9.17) is 18.9 Å². The first kappa shape index (κ1) is 27.3. The summed E-state index contributed by atoms with van der Waals surface area (Å²) in [5.74, 6) is 1.23. The topological polar surface area (TPSA) is 57.2 Å². The molecule has 1 fully saturated rings. The predicted molar refractivity (Wildman–Crippen MR) is 147 cm³/mol. The molecular weight excluding hydrogens is 480 g/mol. The van der Waals surface area contributed by atoms with Gasteiger partial charge in [-0.3, -0.25) is 0 Å². The fraction of sp³-hybridized carbons (Fsp3) is 0.355. The Bertz CT molecular complexity index is 1150. The minimum atomic E-state index is -1.81. The van der Waals surface area contributed by atoms with Crippen LogP contribution in [-0.4, -0.2) is 43.9 Å². The fourth-order valence-corrected chi connectivity index (χ4v) is 4.64. The van der Waals surface area contributed by atoms with Crippen LogP contribution in [0.3, 0.4) is 0 Å². The highest BCUT2D eigenvalue weighted by atomic mass is 28.3. The van der Waals surface area contributed by atoms with Crippen LogP contribution in [0.2, 0.25) is 19.6 Å². The van der Waals surface area contributed by atoms with E-state index in [0.29, 0.717) is 19.8 Å². The molecule has 1 heterocycles. The molecule has 1 N–H and O–H groups in total. The highest BCUT2D eigenvalue weighted by Gasteiger charge is 2.56. The van der Waals surface area contributed by atoms with E-state index >= 15 is 0 Å². The van der Waals surface area contributed by atoms with Gasteiger partial charge in [0.2, 0.25) is 0 Å². The Hall–Kier alpha value is -2.76. The second-order valence-electron chi connectivity index (χ2n) is 10.3. The molecule has 3 aromatic carbocycles. The van der Waals surface area contributed by atoms with E-state index in [1.807, 2.05) is 91.0 Å². The van der Waals surface area contributed by atoms with Gasteiger partial charge in [-0.1, -0.05) is 111 Å². The quantitative estimate of drug-likeness (QED) is 0.291. The lowest BCUT2D eigenvalue weighted by Crippen LogP contribution is -2.45. The summed E-state index contributed by atoms with van der Waals surface area (Å²) < 4.78 is 24.9. The lowest BCUT2D eigenvalue weighted by molar-refractivity contribution is -0.205. The summed E-state index contributed by atoms with van der Waals surface area (Å²) in [7, 11) is -1.80. The zero-order valence-corrected chi connectivity index (χ0v) is 22.8. The number of hydrogen-bond acceptors (Lipinski definition) is 5. The lowest BCUT2D eigenvalue weighted by atomic mass is 10.0. The molecule has 3 aromatic rings. The highest BCUT2D eigenvalue weighted by Crippen LogP contribution is 2.35. The predicted octanol–water partition coefficient (Wildman–Crippen LogP) is 5.34. The second-order valence-corrected chi connectivity index (χ2v) is 15.1. The van der Waals surface area contributed by atoms with Gasteiger partial charge in [-0.15, -0.1) is 5.54 Å². The SMILES string of the molecule is C[Si](C)(C)C#CC1(O)O[C@H](COCc2ccccc2)[C@@H](OCc2ccccc2)[C@@H]1OCc1ccccc1. The first-order valence-electron chi connectivity index (χ1n) is 12.7. The van der Waals surface area contributed by atoms with Crippen LogP contribution in [-0.2, 0) is 38.8 Å². The van der Waals surface area contributed by atoms with Crippen molar-refractivity contribution in [2.24, 2.45) is 0 Å². The fourth-order valence-electron chi connectivity index (χ4n) is 4.09. The van der Waals surface area contributed by atoms with Gasteiger partial charge in [0.15, 0.2) is 6.10 Å². The Morgan fingerprint density at radius 1 is 0.757 bits per heavy atom. The second kappa shape index (κ2) is 12.7. The summed E-state index contributed by atoms with van der Waals surface area (Å²) in [5, 5.41) is 11.7. The van der Waals surface area contributed by atoms with E-state index in [0.717, 1.165) is 16.7 Å². The molecule has 0 bridgehead atoms. The third-order valence-corrected chi connectivity index (χ3v) is 6.82. The third-order valence-electron chi connectivity index (χ3n) is 5.95. The zero-order valence-electron chi connectivity index (χ0n) is 21.8. The van der Waals surface area contributed by atoms with E-state index in [1.165, 1.54) is 0 Å². The first-order valence-corrected chi connectivity index (χ1v) is 16.2. The van der Waals surface area contributed by atoms with Crippen LogP contribution in [0.1, 0.15) is 16.7 Å². The maximum atomic E-state index is 11.7. The molecule has 1 saturated heterocycles. The normalized spacial score (nSPS) is 23.4. The van der Waals surface area contributed by atoms with Gasteiger partial charge in [-0.25, -0.2) is 0 Å². The van der Waals surface area contributed by atoms with Gasteiger partial charge in [-0.05, 0) is 22.6 Å². The number of rotatable bonds is 10. The van der Waals surface area contributed by atoms with Crippen molar-refractivity contribution in [3.8, 4) is 11.5 Å². The van der Waals surface area contributed by atoms with Gasteiger partial charge in [0, 0.05) is 0 Å². The van der Waals surface area contributed by atoms with Crippen LogP contribution in [0.4, 0.5) is 0 Å². The Kier molecular flexibility index (Phi) is 9.33. The van der Waals surface area contributed by atoms with Crippen LogP contribution in [0.15, 0.2) is 91.0 Å². The van der Waals surface area contributed by atoms with Crippen molar-refractivity contribution in [2.75, 3.05) is 6.61 Å². The molecule has 0 radical (unpaired) electrons. The molecule has 4 atom stereocenters. The van der Waals surface area contributed by atoms with E-state index in [9.17, 15) is 5.11 Å². The van der Waals surface area contributed by atoms with E-state index < -0.39 is 32.2 Å². The molecule has 5 nitrogen and oxygen atoms in total. The zero-order chi connectivity index (χ0) is 26.1. The third kappa shape index (κ3) is 8.11. The van der Waals surface area contributed by atoms with E-state index in [1.54, 1.807) is 0 Å². The maximum absolute atomic E-state index is 11.7. The molecule has 0 aromatic heterocycles. The lowest BCUT2D eigenvalue weighted by Gasteiger charge is -2.27. The largest absolute Gasteiger partial charge is 0.374 e. The standard InChI is InChI=1S/C31H36O5Si/c1-37(2,3)20-19-31(32)30(35-23-27-17-11-6-12-18-27)29(34-22-26-15-9-5-10-16-26)28(36-31)24-33-21-25-13-7-4-8-14-25/h4-18,28-30,32H,21-24H2,1-3H3/t28-,29-,30+,31?/m1/s1. The Balaban J connectivity index is 1.57. The molecule has 1 aliphatic heterocycles. The minimum absolute atomic E-state index is 0.233. The molecule has 194 valence electrons. The van der Waals surface area contributed by atoms with Crippen molar-refractivity contribution in [1.29, 1.82) is 0 Å². The van der Waals surface area contributed by atoms with Crippen LogP contribution in [0.5, 0.6) is 0 Å². The van der Waals surface area contributed by atoms with Gasteiger partial charge in [0.05, 0.1) is 26.4 Å². The van der Waals surface area contributed by atoms with Crippen molar-refractivity contribution in [3.63, 3.8) is 0 Å². The van der Waals surface area contributed by atoms with E-state index in [2.05, 4.69) is 31.1 Å². The average Bonchev–Trinajstić information content (AvgIpc) is 3.17. The Morgan fingerprint density at radius 2 is 1.24 bits per heavy atom. The Morgan fingerprint density at radius 3 is 1.76 bits per heavy atom. The molecule has 0 aliphatic carbocycles. The number of ether oxygens (including phenoxy) is 4. The number of benzene rings is 3. The molecule has 4 rings (SSSR count). The molecule has 1 aliphatic rings. The number of aliphatic hydroxyl groups is 1. The summed E-state index contributed by atoms with van der Waals surface area (Å²) in [5.41, 5.74) is 6.35. The summed E-state index contributed by atoms with van der Waals surface area (Å²) in [6.45, 7) is 7.70. The average molecular weight is 517 g/mol. The van der Waals surface area contributed by atoms with Crippen molar-refractivity contribution < 1.29 is 24.1 Å². The van der Waals surface area contributed by atoms with Gasteiger partial charge in [0.1, 0.15) is 20.3 Å². The monoisotopic (exact) mass is 516 g/mol. The number of hydrogen-bond donors (Lipinski definition) is 1. The Labute approximate surface area is 221 Å². The van der Waals surface area contributed by atoms with Crippen molar-refractivity contribution in [1.82, 2.24) is 0 Å². The van der Waals surface area contributed by atoms with Gasteiger partial charge < -0.3 is 24.1 Å².